The zero-order chi connectivity index (χ0) is 18.6. The topological polar surface area (TPSA) is 0 Å². The molecular weight excluding hydrogens is 312 g/mol. The monoisotopic (exact) mass is 346 g/mol. The molecule has 0 bridgehead atoms. The van der Waals surface area contributed by atoms with Gasteiger partial charge in [-0.3, -0.25) is 0 Å². The van der Waals surface area contributed by atoms with Crippen molar-refractivity contribution in [2.45, 2.75) is 58.8 Å². The smallest absolute Gasteiger partial charge is 0.0219 e. The van der Waals surface area contributed by atoms with E-state index in [1.807, 2.05) is 6.07 Å². The third kappa shape index (κ3) is 7.44. The van der Waals surface area contributed by atoms with Gasteiger partial charge < -0.3 is 0 Å². The summed E-state index contributed by atoms with van der Waals surface area (Å²) in [7, 11) is 0. The molecule has 2 aliphatic rings. The van der Waals surface area contributed by atoms with Gasteiger partial charge in [0.1, 0.15) is 0 Å². The van der Waals surface area contributed by atoms with E-state index in [2.05, 4.69) is 93.6 Å². The molecule has 0 nitrogen and oxygen atoms in total. The molecule has 0 heterocycles. The molecule has 2 aromatic carbocycles. The SMILES string of the molecule is C1=CCCC=C1.CC(C)c1ccccc1.CC1CCc2ccccc2C1. The van der Waals surface area contributed by atoms with Crippen molar-refractivity contribution in [3.63, 3.8) is 0 Å². The molecule has 0 saturated carbocycles. The van der Waals surface area contributed by atoms with Crippen molar-refractivity contribution >= 4 is 0 Å². The maximum atomic E-state index is 2.34. The Labute approximate surface area is 160 Å². The minimum absolute atomic E-state index is 0.659. The van der Waals surface area contributed by atoms with Crippen molar-refractivity contribution < 1.29 is 0 Å². The summed E-state index contributed by atoms with van der Waals surface area (Å²) in [4.78, 5) is 0. The van der Waals surface area contributed by atoms with Gasteiger partial charge in [-0.15, -0.1) is 0 Å². The Hall–Kier alpha value is -2.08. The molecule has 0 radical (unpaired) electrons. The van der Waals surface area contributed by atoms with Crippen LogP contribution in [0.25, 0.3) is 0 Å². The van der Waals surface area contributed by atoms with E-state index in [9.17, 15) is 0 Å². The lowest BCUT2D eigenvalue weighted by atomic mass is 9.85. The molecule has 2 aromatic rings. The van der Waals surface area contributed by atoms with Crippen LogP contribution in [0.1, 0.15) is 62.6 Å². The number of hydrogen-bond donors (Lipinski definition) is 0. The van der Waals surface area contributed by atoms with Crippen molar-refractivity contribution in [2.24, 2.45) is 5.92 Å². The van der Waals surface area contributed by atoms with Crippen LogP contribution >= 0.6 is 0 Å². The summed E-state index contributed by atoms with van der Waals surface area (Å²) in [6, 6.07) is 19.4. The van der Waals surface area contributed by atoms with Gasteiger partial charge in [0.15, 0.2) is 0 Å². The Kier molecular flexibility index (Phi) is 8.96. The molecule has 138 valence electrons. The Morgan fingerprint density at radius 1 is 0.769 bits per heavy atom. The molecule has 0 N–H and O–H groups in total. The maximum absolute atomic E-state index is 2.34. The minimum atomic E-state index is 0.659. The standard InChI is InChI=1S/C11H14.C9H12.C6H8/c1-9-6-7-10-4-2-3-5-11(10)8-9;1-8(2)9-6-4-3-5-7-9;1-2-4-6-5-3-1/h2-5,9H,6-8H2,1H3;3-8H,1-2H3;1-4H,5-6H2. The fraction of sp³-hybridized carbons (Fsp3) is 0.385. The minimum Gasteiger partial charge on any atom is -0.0842 e. The summed E-state index contributed by atoms with van der Waals surface area (Å²) >= 11 is 0. The predicted octanol–water partition coefficient (Wildman–Crippen LogP) is 7.51. The van der Waals surface area contributed by atoms with Gasteiger partial charge in [-0.2, -0.15) is 0 Å². The van der Waals surface area contributed by atoms with E-state index in [0.29, 0.717) is 5.92 Å². The van der Waals surface area contributed by atoms with Crippen LogP contribution in [0.15, 0.2) is 78.9 Å². The van der Waals surface area contributed by atoms with Crippen molar-refractivity contribution in [3.8, 4) is 0 Å². The first-order chi connectivity index (χ1) is 12.7. The van der Waals surface area contributed by atoms with Crippen LogP contribution in [0.3, 0.4) is 0 Å². The summed E-state index contributed by atoms with van der Waals surface area (Å²) < 4.78 is 0. The van der Waals surface area contributed by atoms with Gasteiger partial charge in [-0.25, -0.2) is 0 Å². The van der Waals surface area contributed by atoms with Gasteiger partial charge in [-0.05, 0) is 60.6 Å². The largest absolute Gasteiger partial charge is 0.0842 e. The molecule has 1 unspecified atom stereocenters. The molecule has 0 fully saturated rings. The number of hydrogen-bond acceptors (Lipinski definition) is 0. The van der Waals surface area contributed by atoms with E-state index in [1.54, 1.807) is 11.1 Å². The fourth-order valence-corrected chi connectivity index (χ4v) is 3.26. The highest BCUT2D eigenvalue weighted by molar-refractivity contribution is 5.29. The maximum Gasteiger partial charge on any atom is -0.0219 e. The highest BCUT2D eigenvalue weighted by Crippen LogP contribution is 2.24. The lowest BCUT2D eigenvalue weighted by Crippen LogP contribution is -2.10. The van der Waals surface area contributed by atoms with Gasteiger partial charge in [0, 0.05) is 0 Å². The van der Waals surface area contributed by atoms with Gasteiger partial charge in [0.25, 0.3) is 0 Å². The fourth-order valence-electron chi connectivity index (χ4n) is 3.26. The summed E-state index contributed by atoms with van der Waals surface area (Å²) in [5.41, 5.74) is 4.56. The van der Waals surface area contributed by atoms with Crippen LogP contribution in [0.2, 0.25) is 0 Å². The Balaban J connectivity index is 0.000000147. The first-order valence-electron chi connectivity index (χ1n) is 10.1. The Morgan fingerprint density at radius 3 is 1.85 bits per heavy atom. The molecule has 0 aliphatic heterocycles. The van der Waals surface area contributed by atoms with Crippen LogP contribution in [-0.4, -0.2) is 0 Å². The van der Waals surface area contributed by atoms with Crippen LogP contribution in [0.5, 0.6) is 0 Å². The van der Waals surface area contributed by atoms with Gasteiger partial charge in [0.05, 0.1) is 0 Å². The number of fused-ring (bicyclic) bond motifs is 1. The second-order valence-corrected chi connectivity index (χ2v) is 7.62. The zero-order valence-electron chi connectivity index (χ0n) is 16.7. The van der Waals surface area contributed by atoms with Crippen LogP contribution in [0, 0.1) is 5.92 Å². The molecule has 4 rings (SSSR count). The molecule has 26 heavy (non-hydrogen) atoms. The summed E-state index contributed by atoms with van der Waals surface area (Å²) in [6.45, 7) is 6.75. The predicted molar refractivity (Wildman–Crippen MR) is 116 cm³/mol. The van der Waals surface area contributed by atoms with E-state index < -0.39 is 0 Å². The molecule has 2 aliphatic carbocycles. The van der Waals surface area contributed by atoms with Crippen molar-refractivity contribution in [2.75, 3.05) is 0 Å². The Morgan fingerprint density at radius 2 is 1.35 bits per heavy atom. The second kappa shape index (κ2) is 11.5. The van der Waals surface area contributed by atoms with Gasteiger partial charge >= 0.3 is 0 Å². The van der Waals surface area contributed by atoms with Gasteiger partial charge in [-0.1, -0.05) is 99.7 Å². The zero-order valence-corrected chi connectivity index (χ0v) is 16.7. The molecule has 0 amide bonds. The first-order valence-corrected chi connectivity index (χ1v) is 10.1. The van der Waals surface area contributed by atoms with Crippen molar-refractivity contribution in [3.05, 3.63) is 95.6 Å². The van der Waals surface area contributed by atoms with E-state index >= 15 is 0 Å². The average Bonchev–Trinajstić information content (AvgIpc) is 2.71. The number of rotatable bonds is 1. The number of aryl methyl sites for hydroxylation is 1. The number of allylic oxidation sites excluding steroid dienone is 4. The first kappa shape index (κ1) is 20.2. The molecule has 0 spiro atoms. The second-order valence-electron chi connectivity index (χ2n) is 7.62. The lowest BCUT2D eigenvalue weighted by molar-refractivity contribution is 0.501. The molecule has 0 aromatic heterocycles. The van der Waals surface area contributed by atoms with E-state index in [0.717, 1.165) is 5.92 Å². The van der Waals surface area contributed by atoms with Crippen molar-refractivity contribution in [1.82, 2.24) is 0 Å². The molecule has 0 heteroatoms. The third-order valence-electron chi connectivity index (χ3n) is 4.94. The molecule has 0 saturated heterocycles. The molecule has 1 atom stereocenters. The van der Waals surface area contributed by atoms with Crippen LogP contribution in [-0.2, 0) is 12.8 Å². The summed E-state index contributed by atoms with van der Waals surface area (Å²) in [6.07, 6.45) is 14.9. The normalized spacial score (nSPS) is 17.5. The van der Waals surface area contributed by atoms with E-state index in [-0.39, 0.29) is 0 Å². The van der Waals surface area contributed by atoms with Crippen LogP contribution in [0.4, 0.5) is 0 Å². The quantitative estimate of drug-likeness (QED) is 0.501. The average molecular weight is 347 g/mol. The van der Waals surface area contributed by atoms with Crippen molar-refractivity contribution in [1.29, 1.82) is 0 Å². The number of benzene rings is 2. The third-order valence-corrected chi connectivity index (χ3v) is 4.94. The van der Waals surface area contributed by atoms with E-state index in [4.69, 9.17) is 0 Å². The van der Waals surface area contributed by atoms with E-state index in [1.165, 1.54) is 37.7 Å². The van der Waals surface area contributed by atoms with Crippen LogP contribution < -0.4 is 0 Å². The highest BCUT2D eigenvalue weighted by Gasteiger charge is 2.13. The lowest BCUT2D eigenvalue weighted by Gasteiger charge is -2.20. The highest BCUT2D eigenvalue weighted by atomic mass is 14.2. The summed E-state index contributed by atoms with van der Waals surface area (Å²) in [5.74, 6) is 1.55. The molecular formula is C26H34. The Bertz CT molecular complexity index is 664. The summed E-state index contributed by atoms with van der Waals surface area (Å²) in [5, 5.41) is 0. The van der Waals surface area contributed by atoms with Gasteiger partial charge in [0.2, 0.25) is 0 Å².